The Morgan fingerprint density at radius 3 is 2.80 bits per heavy atom. The summed E-state index contributed by atoms with van der Waals surface area (Å²) in [7, 11) is -1.09. The van der Waals surface area contributed by atoms with E-state index in [4.69, 9.17) is 9.47 Å². The molecule has 0 radical (unpaired) electrons. The van der Waals surface area contributed by atoms with Gasteiger partial charge in [-0.05, 0) is 39.3 Å². The summed E-state index contributed by atoms with van der Waals surface area (Å²) in [6, 6.07) is 3.61. The van der Waals surface area contributed by atoms with Crippen LogP contribution in [0.4, 0.5) is 0 Å². The Bertz CT molecular complexity index is 900. The van der Waals surface area contributed by atoms with Crippen LogP contribution in [0, 0.1) is 0 Å². The molecule has 1 aliphatic rings. The molecule has 0 saturated heterocycles. The third-order valence-corrected chi connectivity index (χ3v) is 7.16. The van der Waals surface area contributed by atoms with Crippen molar-refractivity contribution < 1.29 is 9.47 Å². The van der Waals surface area contributed by atoms with Crippen LogP contribution in [-0.2, 0) is 16.2 Å². The van der Waals surface area contributed by atoms with Crippen LogP contribution in [0.15, 0.2) is 36.9 Å². The molecule has 2 aromatic rings. The second kappa shape index (κ2) is 9.90. The topological polar surface area (TPSA) is 52.4 Å². The monoisotopic (exact) mass is 428 g/mol. The van der Waals surface area contributed by atoms with Crippen LogP contribution < -0.4 is 0 Å². The van der Waals surface area contributed by atoms with Gasteiger partial charge in [0.25, 0.3) is 0 Å². The molecule has 30 heavy (non-hydrogen) atoms. The number of nitrogens with zero attached hydrogens (tertiary/aromatic N) is 4. The lowest BCUT2D eigenvalue weighted by Gasteiger charge is -2.32. The van der Waals surface area contributed by atoms with E-state index in [2.05, 4.69) is 77.3 Å². The smallest absolute Gasteiger partial charge is 0.145 e. The number of aromatic nitrogens is 3. The van der Waals surface area contributed by atoms with Crippen LogP contribution in [0.25, 0.3) is 16.6 Å². The molecule has 0 spiro atoms. The van der Waals surface area contributed by atoms with Gasteiger partial charge >= 0.3 is 0 Å². The summed E-state index contributed by atoms with van der Waals surface area (Å²) in [6.07, 6.45) is 11.2. The van der Waals surface area contributed by atoms with Gasteiger partial charge in [0.05, 0.1) is 5.69 Å². The Morgan fingerprint density at radius 1 is 1.27 bits per heavy atom. The first-order valence-electron chi connectivity index (χ1n) is 11.0. The van der Waals surface area contributed by atoms with E-state index >= 15 is 0 Å². The highest BCUT2D eigenvalue weighted by atomic mass is 28.3. The average molecular weight is 429 g/mol. The van der Waals surface area contributed by atoms with Crippen LogP contribution in [0.1, 0.15) is 32.9 Å². The lowest BCUT2D eigenvalue weighted by Crippen LogP contribution is -2.37. The maximum Gasteiger partial charge on any atom is 0.145 e. The van der Waals surface area contributed by atoms with Gasteiger partial charge in [-0.3, -0.25) is 0 Å². The Kier molecular flexibility index (Phi) is 7.49. The largest absolute Gasteiger partial charge is 0.361 e. The summed E-state index contributed by atoms with van der Waals surface area (Å²) in [5.74, 6) is 0. The summed E-state index contributed by atoms with van der Waals surface area (Å²) in [6.45, 7) is 15.5. The van der Waals surface area contributed by atoms with E-state index in [1.54, 1.807) is 6.33 Å². The van der Waals surface area contributed by atoms with Gasteiger partial charge in [0.2, 0.25) is 0 Å². The second-order valence-corrected chi connectivity index (χ2v) is 14.8. The quantitative estimate of drug-likeness (QED) is 0.410. The molecule has 0 saturated carbocycles. The molecular weight excluding hydrogens is 392 g/mol. The van der Waals surface area contributed by atoms with Gasteiger partial charge in [-0.15, -0.1) is 0 Å². The highest BCUT2D eigenvalue weighted by Crippen LogP contribution is 2.28. The standard InChI is InChI=1S/C23H36N4O2Si/c1-7-29-19(3)27-15-20(10-8-9-18(27)2)22-21-11-12-26(23(21)25-16-24-22)17-28-13-14-30(4,5)6/h8,10-12,15-16,18-19H,7,9,13-14,17H2,1-6H3. The van der Waals surface area contributed by atoms with Crippen molar-refractivity contribution in [3.63, 3.8) is 0 Å². The van der Waals surface area contributed by atoms with E-state index < -0.39 is 8.07 Å². The molecule has 6 nitrogen and oxygen atoms in total. The Hall–Kier alpha value is -1.96. The zero-order chi connectivity index (χ0) is 21.7. The summed E-state index contributed by atoms with van der Waals surface area (Å²) < 4.78 is 13.9. The van der Waals surface area contributed by atoms with Crippen LogP contribution in [0.5, 0.6) is 0 Å². The molecule has 3 rings (SSSR count). The average Bonchev–Trinajstić information content (AvgIpc) is 3.00. The molecule has 2 atom stereocenters. The molecule has 2 aromatic heterocycles. The van der Waals surface area contributed by atoms with Crippen molar-refractivity contribution in [1.29, 1.82) is 0 Å². The highest BCUT2D eigenvalue weighted by Gasteiger charge is 2.21. The van der Waals surface area contributed by atoms with Gasteiger partial charge in [0, 0.05) is 50.7 Å². The van der Waals surface area contributed by atoms with Crippen molar-refractivity contribution in [2.24, 2.45) is 0 Å². The molecule has 2 unspecified atom stereocenters. The third kappa shape index (κ3) is 5.59. The third-order valence-electron chi connectivity index (χ3n) is 5.46. The fraction of sp³-hybridized carbons (Fsp3) is 0.565. The van der Waals surface area contributed by atoms with Crippen LogP contribution in [-0.4, -0.2) is 53.0 Å². The zero-order valence-corrected chi connectivity index (χ0v) is 20.3. The molecule has 0 aromatic carbocycles. The lowest BCUT2D eigenvalue weighted by molar-refractivity contribution is -0.0323. The van der Waals surface area contributed by atoms with Crippen molar-refractivity contribution in [2.45, 2.75) is 71.9 Å². The molecule has 7 heteroatoms. The van der Waals surface area contributed by atoms with Crippen molar-refractivity contribution in [2.75, 3.05) is 13.2 Å². The van der Waals surface area contributed by atoms with Gasteiger partial charge in [0.1, 0.15) is 24.9 Å². The van der Waals surface area contributed by atoms with Gasteiger partial charge < -0.3 is 18.9 Å². The second-order valence-electron chi connectivity index (χ2n) is 9.17. The summed E-state index contributed by atoms with van der Waals surface area (Å²) in [5.41, 5.74) is 2.93. The summed E-state index contributed by atoms with van der Waals surface area (Å²) >= 11 is 0. The number of rotatable bonds is 9. The fourth-order valence-corrected chi connectivity index (χ4v) is 4.41. The van der Waals surface area contributed by atoms with Crippen molar-refractivity contribution in [1.82, 2.24) is 19.4 Å². The van der Waals surface area contributed by atoms with Crippen LogP contribution in [0.3, 0.4) is 0 Å². The predicted molar refractivity (Wildman–Crippen MR) is 126 cm³/mol. The molecule has 1 aliphatic heterocycles. The van der Waals surface area contributed by atoms with Gasteiger partial charge in [0.15, 0.2) is 0 Å². The number of fused-ring (bicyclic) bond motifs is 1. The van der Waals surface area contributed by atoms with Crippen LogP contribution in [0.2, 0.25) is 25.7 Å². The minimum atomic E-state index is -1.09. The Morgan fingerprint density at radius 2 is 2.07 bits per heavy atom. The lowest BCUT2D eigenvalue weighted by atomic mass is 10.1. The van der Waals surface area contributed by atoms with Crippen LogP contribution >= 0.6 is 0 Å². The molecule has 0 N–H and O–H groups in total. The highest BCUT2D eigenvalue weighted by molar-refractivity contribution is 6.76. The molecule has 0 aliphatic carbocycles. The molecule has 0 amide bonds. The Balaban J connectivity index is 1.85. The summed E-state index contributed by atoms with van der Waals surface area (Å²) in [5, 5.41) is 1.04. The molecule has 0 bridgehead atoms. The zero-order valence-electron chi connectivity index (χ0n) is 19.3. The Labute approximate surface area is 181 Å². The maximum absolute atomic E-state index is 5.94. The van der Waals surface area contributed by atoms with Crippen molar-refractivity contribution in [3.05, 3.63) is 42.6 Å². The van der Waals surface area contributed by atoms with E-state index in [1.165, 1.54) is 0 Å². The molecule has 0 fully saturated rings. The SMILES string of the molecule is CCOC(C)N1C=C(c2ncnc3c2ccn3COCC[Si](C)(C)C)C=CCC1C. The van der Waals surface area contributed by atoms with E-state index in [0.29, 0.717) is 19.4 Å². The van der Waals surface area contributed by atoms with E-state index in [-0.39, 0.29) is 6.23 Å². The van der Waals surface area contributed by atoms with Gasteiger partial charge in [-0.2, -0.15) is 0 Å². The maximum atomic E-state index is 5.94. The first kappa shape index (κ1) is 22.7. The molecule has 164 valence electrons. The number of allylic oxidation sites excluding steroid dienone is 2. The van der Waals surface area contributed by atoms with Crippen molar-refractivity contribution >= 4 is 24.7 Å². The van der Waals surface area contributed by atoms with Gasteiger partial charge in [-0.25, -0.2) is 9.97 Å². The molecule has 3 heterocycles. The first-order chi connectivity index (χ1) is 14.3. The minimum Gasteiger partial charge on any atom is -0.361 e. The first-order valence-corrected chi connectivity index (χ1v) is 14.7. The van der Waals surface area contributed by atoms with Gasteiger partial charge in [-0.1, -0.05) is 31.8 Å². The number of hydrogen-bond acceptors (Lipinski definition) is 5. The number of hydrogen-bond donors (Lipinski definition) is 0. The van der Waals surface area contributed by atoms with E-state index in [1.807, 2.05) is 13.1 Å². The molecular formula is C23H36N4O2Si. The van der Waals surface area contributed by atoms with Crippen molar-refractivity contribution in [3.8, 4) is 0 Å². The summed E-state index contributed by atoms with van der Waals surface area (Å²) in [4.78, 5) is 11.5. The van der Waals surface area contributed by atoms with E-state index in [9.17, 15) is 0 Å². The fourth-order valence-electron chi connectivity index (χ4n) is 3.65. The minimum absolute atomic E-state index is 0.0154. The van der Waals surface area contributed by atoms with E-state index in [0.717, 1.165) is 41.4 Å². The number of ether oxygens (including phenoxy) is 2. The predicted octanol–water partition coefficient (Wildman–Crippen LogP) is 5.12. The normalized spacial score (nSPS) is 18.5.